The van der Waals surface area contributed by atoms with Crippen LogP contribution in [-0.4, -0.2) is 28.2 Å². The summed E-state index contributed by atoms with van der Waals surface area (Å²) in [5.74, 6) is -3.11. The van der Waals surface area contributed by atoms with Crippen molar-refractivity contribution in [1.29, 1.82) is 0 Å². The second-order valence-electron chi connectivity index (χ2n) is 7.38. The molecule has 7 nitrogen and oxygen atoms in total. The molecule has 0 aliphatic carbocycles. The number of hydrogen-bond acceptors (Lipinski definition) is 5. The number of urea groups is 1. The lowest BCUT2D eigenvalue weighted by Gasteiger charge is -2.18. The number of nitrogens with zero attached hydrogens (tertiary/aromatic N) is 2. The number of carbonyl (C=O) groups excluding carboxylic acids is 2. The normalized spacial score (nSPS) is 11.5. The number of benzene rings is 3. The third-order valence-corrected chi connectivity index (χ3v) is 5.72. The van der Waals surface area contributed by atoms with Gasteiger partial charge in [-0.2, -0.15) is 0 Å². The Balaban J connectivity index is 1.47. The zero-order valence-corrected chi connectivity index (χ0v) is 18.8. The van der Waals surface area contributed by atoms with Gasteiger partial charge in [-0.3, -0.25) is 10.1 Å². The topological polar surface area (TPSA) is 96.0 Å². The molecule has 1 unspecified atom stereocenters. The van der Waals surface area contributed by atoms with Crippen molar-refractivity contribution in [2.45, 2.75) is 12.5 Å². The third-order valence-electron chi connectivity index (χ3n) is 4.83. The van der Waals surface area contributed by atoms with Gasteiger partial charge in [0.05, 0.1) is 0 Å². The lowest BCUT2D eigenvalue weighted by atomic mass is 10.1. The average molecular weight is 498 g/mol. The van der Waals surface area contributed by atoms with Gasteiger partial charge in [0.1, 0.15) is 16.9 Å². The largest absolute Gasteiger partial charge is 0.326 e. The Kier molecular flexibility index (Phi) is 7.36. The van der Waals surface area contributed by atoms with Crippen LogP contribution in [0.4, 0.5) is 28.8 Å². The Labute approximate surface area is 202 Å². The van der Waals surface area contributed by atoms with Crippen LogP contribution >= 0.6 is 11.3 Å². The Morgan fingerprint density at radius 3 is 2.31 bits per heavy atom. The van der Waals surface area contributed by atoms with Crippen LogP contribution in [0.1, 0.15) is 5.56 Å². The van der Waals surface area contributed by atoms with Gasteiger partial charge >= 0.3 is 6.03 Å². The first-order valence-electron chi connectivity index (χ1n) is 10.3. The molecule has 35 heavy (non-hydrogen) atoms. The van der Waals surface area contributed by atoms with Crippen molar-refractivity contribution >= 4 is 34.1 Å². The van der Waals surface area contributed by atoms with E-state index in [0.717, 1.165) is 29.0 Å². The Morgan fingerprint density at radius 1 is 0.857 bits per heavy atom. The highest BCUT2D eigenvalue weighted by Gasteiger charge is 2.23. The number of rotatable bonds is 7. The van der Waals surface area contributed by atoms with Gasteiger partial charge in [-0.25, -0.2) is 18.0 Å². The quantitative estimate of drug-likeness (QED) is 0.335. The van der Waals surface area contributed by atoms with Gasteiger partial charge in [0.25, 0.3) is 0 Å². The molecule has 3 amide bonds. The van der Waals surface area contributed by atoms with E-state index in [2.05, 4.69) is 26.1 Å². The highest BCUT2D eigenvalue weighted by atomic mass is 32.1. The van der Waals surface area contributed by atoms with Crippen molar-refractivity contribution in [3.05, 3.63) is 95.8 Å². The fourth-order valence-electron chi connectivity index (χ4n) is 3.13. The van der Waals surface area contributed by atoms with Gasteiger partial charge < -0.3 is 10.6 Å². The van der Waals surface area contributed by atoms with E-state index in [-0.39, 0.29) is 23.1 Å². The van der Waals surface area contributed by atoms with Crippen molar-refractivity contribution in [3.8, 4) is 10.6 Å². The average Bonchev–Trinajstić information content (AvgIpc) is 3.30. The minimum Gasteiger partial charge on any atom is -0.326 e. The lowest BCUT2D eigenvalue weighted by molar-refractivity contribution is -0.117. The molecule has 4 rings (SSSR count). The molecular formula is C24H18F3N5O2S. The molecule has 0 aliphatic heterocycles. The van der Waals surface area contributed by atoms with Crippen LogP contribution < -0.4 is 16.0 Å². The molecule has 0 spiro atoms. The summed E-state index contributed by atoms with van der Waals surface area (Å²) in [5, 5.41) is 16.2. The van der Waals surface area contributed by atoms with Crippen LogP contribution in [0.5, 0.6) is 0 Å². The summed E-state index contributed by atoms with van der Waals surface area (Å²) in [5.41, 5.74) is 1.44. The Bertz CT molecular complexity index is 1330. The van der Waals surface area contributed by atoms with Crippen LogP contribution in [-0.2, 0) is 11.2 Å². The van der Waals surface area contributed by atoms with E-state index in [0.29, 0.717) is 10.6 Å². The van der Waals surface area contributed by atoms with Crippen molar-refractivity contribution in [2.24, 2.45) is 0 Å². The predicted octanol–water partition coefficient (Wildman–Crippen LogP) is 4.99. The summed E-state index contributed by atoms with van der Waals surface area (Å²) >= 11 is 1.09. The molecule has 0 radical (unpaired) electrons. The molecule has 0 bridgehead atoms. The molecule has 0 saturated carbocycles. The van der Waals surface area contributed by atoms with E-state index in [1.54, 1.807) is 36.4 Å². The van der Waals surface area contributed by atoms with Crippen LogP contribution in [0.15, 0.2) is 72.8 Å². The molecule has 3 N–H and O–H groups in total. The van der Waals surface area contributed by atoms with Crippen LogP contribution in [0.3, 0.4) is 0 Å². The Morgan fingerprint density at radius 2 is 1.60 bits per heavy atom. The van der Waals surface area contributed by atoms with E-state index in [1.807, 2.05) is 6.07 Å². The molecule has 3 aromatic carbocycles. The molecule has 1 atom stereocenters. The fourth-order valence-corrected chi connectivity index (χ4v) is 3.89. The number of halogens is 3. The number of amides is 3. The highest BCUT2D eigenvalue weighted by Crippen LogP contribution is 2.26. The maximum Gasteiger partial charge on any atom is 0.319 e. The minimum absolute atomic E-state index is 0.0216. The zero-order chi connectivity index (χ0) is 24.8. The second kappa shape index (κ2) is 10.8. The van der Waals surface area contributed by atoms with Gasteiger partial charge in [-0.1, -0.05) is 41.7 Å². The van der Waals surface area contributed by atoms with E-state index >= 15 is 0 Å². The van der Waals surface area contributed by atoms with E-state index in [9.17, 15) is 22.8 Å². The minimum atomic E-state index is -1.12. The van der Waals surface area contributed by atoms with Crippen molar-refractivity contribution in [3.63, 3.8) is 0 Å². The number of aromatic nitrogens is 2. The summed E-state index contributed by atoms with van der Waals surface area (Å²) in [7, 11) is 0. The van der Waals surface area contributed by atoms with Gasteiger partial charge in [-0.15, -0.1) is 10.2 Å². The van der Waals surface area contributed by atoms with Gasteiger partial charge in [-0.05, 0) is 42.0 Å². The van der Waals surface area contributed by atoms with E-state index < -0.39 is 29.6 Å². The smallest absolute Gasteiger partial charge is 0.319 e. The highest BCUT2D eigenvalue weighted by molar-refractivity contribution is 7.18. The summed E-state index contributed by atoms with van der Waals surface area (Å²) in [6.07, 6.45) is 0.154. The van der Waals surface area contributed by atoms with Crippen LogP contribution in [0.2, 0.25) is 0 Å². The molecule has 11 heteroatoms. The van der Waals surface area contributed by atoms with Crippen LogP contribution in [0.25, 0.3) is 10.6 Å². The SMILES string of the molecule is O=C(Nc1ccc(F)c(F)c1)NC(Cc1ccccc1)C(=O)Nc1nnc(-c2ccc(F)cc2)s1. The van der Waals surface area contributed by atoms with Gasteiger partial charge in [0, 0.05) is 23.7 Å². The number of nitrogens with one attached hydrogen (secondary N) is 3. The molecule has 178 valence electrons. The summed E-state index contributed by atoms with van der Waals surface area (Å²) in [6.45, 7) is 0. The lowest BCUT2D eigenvalue weighted by Crippen LogP contribution is -2.46. The molecule has 1 heterocycles. The van der Waals surface area contributed by atoms with Crippen molar-refractivity contribution in [2.75, 3.05) is 10.6 Å². The molecular weight excluding hydrogens is 479 g/mol. The Hall–Kier alpha value is -4.25. The first kappa shape index (κ1) is 23.9. The predicted molar refractivity (Wildman–Crippen MR) is 126 cm³/mol. The van der Waals surface area contributed by atoms with Crippen LogP contribution in [0, 0.1) is 17.5 Å². The number of carbonyl (C=O) groups is 2. The standard InChI is InChI=1S/C24H18F3N5O2S/c25-16-8-6-15(7-9-16)22-31-32-24(35-22)30-21(33)20(12-14-4-2-1-3-5-14)29-23(34)28-17-10-11-18(26)19(27)13-17/h1-11,13,20H,12H2,(H2,28,29,34)(H,30,32,33). The first-order chi connectivity index (χ1) is 16.9. The second-order valence-corrected chi connectivity index (χ2v) is 8.36. The first-order valence-corrected chi connectivity index (χ1v) is 11.2. The molecule has 0 aliphatic rings. The summed E-state index contributed by atoms with van der Waals surface area (Å²) in [4.78, 5) is 25.5. The fraction of sp³-hybridized carbons (Fsp3) is 0.0833. The molecule has 1 aromatic heterocycles. The summed E-state index contributed by atoms with van der Waals surface area (Å²) < 4.78 is 39.8. The van der Waals surface area contributed by atoms with Gasteiger partial charge in [0.15, 0.2) is 11.6 Å². The maximum atomic E-state index is 13.5. The molecule has 0 saturated heterocycles. The zero-order valence-electron chi connectivity index (χ0n) is 18.0. The van der Waals surface area contributed by atoms with Crippen molar-refractivity contribution < 1.29 is 22.8 Å². The number of anilines is 2. The van der Waals surface area contributed by atoms with Crippen molar-refractivity contribution in [1.82, 2.24) is 15.5 Å². The van der Waals surface area contributed by atoms with E-state index in [4.69, 9.17) is 0 Å². The van der Waals surface area contributed by atoms with Gasteiger partial charge in [0.2, 0.25) is 11.0 Å². The molecule has 0 fully saturated rings. The summed E-state index contributed by atoms with van der Waals surface area (Å²) in [6, 6.07) is 15.8. The molecule has 4 aromatic rings. The number of hydrogen-bond donors (Lipinski definition) is 3. The van der Waals surface area contributed by atoms with E-state index in [1.165, 1.54) is 18.2 Å². The monoisotopic (exact) mass is 497 g/mol. The maximum absolute atomic E-state index is 13.5. The third kappa shape index (κ3) is 6.42.